The second-order valence-corrected chi connectivity index (χ2v) is 8.62. The highest BCUT2D eigenvalue weighted by molar-refractivity contribution is 6.45. The largest absolute Gasteiger partial charge is 0.365 e. The van der Waals surface area contributed by atoms with Crippen LogP contribution in [0.4, 0.5) is 5.69 Å². The van der Waals surface area contributed by atoms with Crippen LogP contribution in [0.15, 0.2) is 84.6 Å². The first-order valence-corrected chi connectivity index (χ1v) is 10.9. The van der Waals surface area contributed by atoms with Crippen molar-refractivity contribution in [2.75, 3.05) is 11.9 Å². The molecule has 0 saturated carbocycles. The number of amides is 2. The van der Waals surface area contributed by atoms with Crippen molar-refractivity contribution in [3.05, 3.63) is 107 Å². The van der Waals surface area contributed by atoms with Crippen LogP contribution in [0, 0.1) is 6.92 Å². The molecule has 0 saturated heterocycles. The Morgan fingerprint density at radius 2 is 1.44 bits per heavy atom. The fraction of sp³-hybridized carbons (Fsp3) is 0.214. The zero-order chi connectivity index (χ0) is 22.8. The first kappa shape index (κ1) is 21.6. The summed E-state index contributed by atoms with van der Waals surface area (Å²) in [7, 11) is 1.87. The maximum absolute atomic E-state index is 13.6. The van der Waals surface area contributed by atoms with Gasteiger partial charge in [-0.2, -0.15) is 0 Å². The Kier molecular flexibility index (Phi) is 5.95. The van der Waals surface area contributed by atoms with Gasteiger partial charge in [-0.15, -0.1) is 0 Å². The monoisotopic (exact) mass is 424 g/mol. The van der Waals surface area contributed by atoms with Crippen molar-refractivity contribution in [2.45, 2.75) is 33.2 Å². The smallest absolute Gasteiger partial charge is 0.282 e. The SMILES string of the molecule is Cc1ccc(C2=C(N(C)Cc3ccccc3)C(=O)N(c3ccc(C(C)C)cc3)C2=O)cc1. The molecule has 1 heterocycles. The Morgan fingerprint density at radius 1 is 0.812 bits per heavy atom. The summed E-state index contributed by atoms with van der Waals surface area (Å²) < 4.78 is 0. The van der Waals surface area contributed by atoms with Crippen LogP contribution >= 0.6 is 0 Å². The molecule has 0 radical (unpaired) electrons. The van der Waals surface area contributed by atoms with Crippen molar-refractivity contribution in [1.29, 1.82) is 0 Å². The highest BCUT2D eigenvalue weighted by Gasteiger charge is 2.41. The van der Waals surface area contributed by atoms with Gasteiger partial charge in [0.05, 0.1) is 11.3 Å². The van der Waals surface area contributed by atoms with Gasteiger partial charge in [0, 0.05) is 13.6 Å². The third kappa shape index (κ3) is 4.09. The number of hydrogen-bond donors (Lipinski definition) is 0. The molecular formula is C28H28N2O2. The van der Waals surface area contributed by atoms with Crippen molar-refractivity contribution >= 4 is 23.1 Å². The predicted octanol–water partition coefficient (Wildman–Crippen LogP) is 5.53. The van der Waals surface area contributed by atoms with Gasteiger partial charge in [0.1, 0.15) is 5.70 Å². The van der Waals surface area contributed by atoms with Gasteiger partial charge in [-0.05, 0) is 41.7 Å². The lowest BCUT2D eigenvalue weighted by atomic mass is 10.0. The van der Waals surface area contributed by atoms with Crippen LogP contribution in [0.25, 0.3) is 5.57 Å². The average molecular weight is 425 g/mol. The molecule has 2 amide bonds. The fourth-order valence-corrected chi connectivity index (χ4v) is 4.03. The molecule has 4 heteroatoms. The molecule has 4 rings (SSSR count). The normalized spacial score (nSPS) is 14.0. The number of nitrogens with zero attached hydrogens (tertiary/aromatic N) is 2. The van der Waals surface area contributed by atoms with Crippen LogP contribution in [0.1, 0.15) is 42.0 Å². The highest BCUT2D eigenvalue weighted by atomic mass is 16.2. The van der Waals surface area contributed by atoms with Crippen molar-refractivity contribution in [1.82, 2.24) is 4.90 Å². The Labute approximate surface area is 189 Å². The van der Waals surface area contributed by atoms with Crippen LogP contribution in [-0.2, 0) is 16.1 Å². The molecule has 3 aromatic carbocycles. The number of carbonyl (C=O) groups is 2. The maximum atomic E-state index is 13.6. The Balaban J connectivity index is 1.76. The molecule has 1 aliphatic rings. The zero-order valence-corrected chi connectivity index (χ0v) is 19.0. The molecule has 3 aromatic rings. The minimum absolute atomic E-state index is 0.286. The second kappa shape index (κ2) is 8.83. The van der Waals surface area contributed by atoms with Crippen molar-refractivity contribution < 1.29 is 9.59 Å². The number of likely N-dealkylation sites (N-methyl/N-ethyl adjacent to an activating group) is 1. The lowest BCUT2D eigenvalue weighted by Crippen LogP contribution is -2.34. The van der Waals surface area contributed by atoms with E-state index in [-0.39, 0.29) is 11.8 Å². The lowest BCUT2D eigenvalue weighted by molar-refractivity contribution is -0.120. The standard InChI is InChI=1S/C28H28N2O2/c1-19(2)22-14-16-24(17-15-22)30-27(31)25(23-12-10-20(3)11-13-23)26(28(30)32)29(4)18-21-8-6-5-7-9-21/h5-17,19H,18H2,1-4H3. The van der Waals surface area contributed by atoms with Crippen LogP contribution < -0.4 is 4.90 Å². The lowest BCUT2D eigenvalue weighted by Gasteiger charge is -2.22. The number of rotatable bonds is 6. The second-order valence-electron chi connectivity index (χ2n) is 8.62. The summed E-state index contributed by atoms with van der Waals surface area (Å²) in [6.45, 7) is 6.78. The quantitative estimate of drug-likeness (QED) is 0.488. The summed E-state index contributed by atoms with van der Waals surface area (Å²) in [5.41, 5.74) is 5.57. The van der Waals surface area contributed by atoms with Crippen LogP contribution in [0.5, 0.6) is 0 Å². The van der Waals surface area contributed by atoms with E-state index in [9.17, 15) is 9.59 Å². The Bertz CT molecular complexity index is 1160. The van der Waals surface area contributed by atoms with Gasteiger partial charge in [0.15, 0.2) is 0 Å². The minimum atomic E-state index is -0.290. The summed E-state index contributed by atoms with van der Waals surface area (Å²) in [5.74, 6) is -0.199. The molecule has 0 atom stereocenters. The number of imide groups is 1. The van der Waals surface area contributed by atoms with Gasteiger partial charge < -0.3 is 4.90 Å². The Hall–Kier alpha value is -3.66. The summed E-state index contributed by atoms with van der Waals surface area (Å²) in [4.78, 5) is 30.4. The summed E-state index contributed by atoms with van der Waals surface area (Å²) in [5, 5.41) is 0. The summed E-state index contributed by atoms with van der Waals surface area (Å²) in [6.07, 6.45) is 0. The van der Waals surface area contributed by atoms with Crippen LogP contribution in [0.3, 0.4) is 0 Å². The molecule has 0 spiro atoms. The van der Waals surface area contributed by atoms with Gasteiger partial charge in [0.2, 0.25) is 0 Å². The molecule has 32 heavy (non-hydrogen) atoms. The zero-order valence-electron chi connectivity index (χ0n) is 19.0. The third-order valence-corrected chi connectivity index (χ3v) is 5.86. The number of anilines is 1. The first-order valence-electron chi connectivity index (χ1n) is 10.9. The summed E-state index contributed by atoms with van der Waals surface area (Å²) >= 11 is 0. The van der Waals surface area contributed by atoms with Crippen LogP contribution in [-0.4, -0.2) is 23.8 Å². The van der Waals surface area contributed by atoms with Gasteiger partial charge in [0.25, 0.3) is 11.8 Å². The van der Waals surface area contributed by atoms with Crippen molar-refractivity contribution in [3.63, 3.8) is 0 Å². The van der Waals surface area contributed by atoms with E-state index >= 15 is 0 Å². The Morgan fingerprint density at radius 3 is 2.03 bits per heavy atom. The molecule has 0 aromatic heterocycles. The first-order chi connectivity index (χ1) is 15.4. The average Bonchev–Trinajstić information content (AvgIpc) is 3.05. The number of carbonyl (C=O) groups excluding carboxylic acids is 2. The molecule has 4 nitrogen and oxygen atoms in total. The summed E-state index contributed by atoms with van der Waals surface area (Å²) in [6, 6.07) is 25.4. The molecule has 0 bridgehead atoms. The van der Waals surface area contributed by atoms with E-state index in [0.29, 0.717) is 29.4 Å². The highest BCUT2D eigenvalue weighted by Crippen LogP contribution is 2.35. The van der Waals surface area contributed by atoms with Gasteiger partial charge in [-0.25, -0.2) is 4.90 Å². The molecule has 1 aliphatic heterocycles. The van der Waals surface area contributed by atoms with E-state index in [1.54, 1.807) is 0 Å². The number of benzene rings is 3. The molecular weight excluding hydrogens is 396 g/mol. The van der Waals surface area contributed by atoms with Crippen LogP contribution in [0.2, 0.25) is 0 Å². The van der Waals surface area contributed by atoms with Gasteiger partial charge >= 0.3 is 0 Å². The molecule has 0 N–H and O–H groups in total. The van der Waals surface area contributed by atoms with E-state index in [2.05, 4.69) is 13.8 Å². The maximum Gasteiger partial charge on any atom is 0.282 e. The number of aryl methyl sites for hydroxylation is 1. The van der Waals surface area contributed by atoms with E-state index in [4.69, 9.17) is 0 Å². The van der Waals surface area contributed by atoms with Crippen molar-refractivity contribution in [2.24, 2.45) is 0 Å². The van der Waals surface area contributed by atoms with E-state index in [1.807, 2.05) is 97.7 Å². The topological polar surface area (TPSA) is 40.6 Å². The van der Waals surface area contributed by atoms with E-state index in [0.717, 1.165) is 16.7 Å². The molecule has 162 valence electrons. The predicted molar refractivity (Wildman–Crippen MR) is 129 cm³/mol. The number of hydrogen-bond acceptors (Lipinski definition) is 3. The molecule has 0 unspecified atom stereocenters. The van der Waals surface area contributed by atoms with E-state index < -0.39 is 0 Å². The van der Waals surface area contributed by atoms with Crippen molar-refractivity contribution in [3.8, 4) is 0 Å². The minimum Gasteiger partial charge on any atom is -0.365 e. The van der Waals surface area contributed by atoms with E-state index in [1.165, 1.54) is 10.5 Å². The molecule has 0 fully saturated rings. The fourth-order valence-electron chi connectivity index (χ4n) is 4.03. The molecule has 0 aliphatic carbocycles. The third-order valence-electron chi connectivity index (χ3n) is 5.86. The van der Waals surface area contributed by atoms with Gasteiger partial charge in [-0.3, -0.25) is 9.59 Å². The van der Waals surface area contributed by atoms with Gasteiger partial charge in [-0.1, -0.05) is 86.1 Å².